The zero-order valence-electron chi connectivity index (χ0n) is 16.0. The summed E-state index contributed by atoms with van der Waals surface area (Å²) in [7, 11) is 0. The summed E-state index contributed by atoms with van der Waals surface area (Å²) in [5, 5.41) is 7.50. The molecule has 0 aromatic heterocycles. The van der Waals surface area contributed by atoms with Crippen molar-refractivity contribution in [2.75, 3.05) is 18.4 Å². The van der Waals surface area contributed by atoms with Gasteiger partial charge in [0.25, 0.3) is 5.91 Å². The molecule has 3 rings (SSSR count). The molecule has 2 aliphatic rings. The summed E-state index contributed by atoms with van der Waals surface area (Å²) in [6, 6.07) is 6.39. The SMILES string of the molecule is Cc1cccc(NC(=O)CCC2CCN(C(=O)C[C@H]3NC(=O)NC3=O)CC2)c1. The van der Waals surface area contributed by atoms with Crippen molar-refractivity contribution in [2.45, 2.75) is 45.1 Å². The molecule has 5 amide bonds. The number of rotatable bonds is 6. The van der Waals surface area contributed by atoms with Crippen LogP contribution in [0.2, 0.25) is 0 Å². The molecular formula is C20H26N4O4. The maximum Gasteiger partial charge on any atom is 0.322 e. The standard InChI is InChI=1S/C20H26N4O4/c1-13-3-2-4-15(11-13)21-17(25)6-5-14-7-9-24(10-8-14)18(26)12-16-19(27)23-20(28)22-16/h2-4,11,14,16H,5-10,12H2,1H3,(H,21,25)(H2,22,23,27,28)/t16-/m1/s1. The van der Waals surface area contributed by atoms with Crippen molar-refractivity contribution < 1.29 is 19.2 Å². The van der Waals surface area contributed by atoms with E-state index in [9.17, 15) is 19.2 Å². The van der Waals surface area contributed by atoms with Gasteiger partial charge in [0.15, 0.2) is 0 Å². The van der Waals surface area contributed by atoms with Crippen LogP contribution in [0.25, 0.3) is 0 Å². The highest BCUT2D eigenvalue weighted by molar-refractivity contribution is 6.05. The number of piperidine rings is 1. The number of amides is 5. The van der Waals surface area contributed by atoms with Crippen LogP contribution in [0.15, 0.2) is 24.3 Å². The summed E-state index contributed by atoms with van der Waals surface area (Å²) < 4.78 is 0. The molecular weight excluding hydrogens is 360 g/mol. The third kappa shape index (κ3) is 5.31. The van der Waals surface area contributed by atoms with Crippen LogP contribution in [0.1, 0.15) is 37.7 Å². The number of nitrogens with zero attached hydrogens (tertiary/aromatic N) is 1. The molecule has 0 radical (unpaired) electrons. The Labute approximate surface area is 164 Å². The Hall–Kier alpha value is -2.90. The van der Waals surface area contributed by atoms with Crippen molar-refractivity contribution >= 4 is 29.4 Å². The lowest BCUT2D eigenvalue weighted by molar-refractivity contribution is -0.135. The molecule has 1 aromatic carbocycles. The summed E-state index contributed by atoms with van der Waals surface area (Å²) in [4.78, 5) is 48.9. The van der Waals surface area contributed by atoms with Gasteiger partial charge in [0.2, 0.25) is 11.8 Å². The van der Waals surface area contributed by atoms with Crippen molar-refractivity contribution in [3.8, 4) is 0 Å². The molecule has 1 aromatic rings. The van der Waals surface area contributed by atoms with E-state index in [-0.39, 0.29) is 18.2 Å². The molecule has 0 unspecified atom stereocenters. The predicted octanol–water partition coefficient (Wildman–Crippen LogP) is 1.55. The zero-order chi connectivity index (χ0) is 20.1. The maximum atomic E-state index is 12.3. The van der Waals surface area contributed by atoms with Crippen LogP contribution in [0, 0.1) is 12.8 Å². The number of nitrogens with one attached hydrogen (secondary N) is 3. The second kappa shape index (κ2) is 8.86. The molecule has 3 N–H and O–H groups in total. The van der Waals surface area contributed by atoms with E-state index >= 15 is 0 Å². The number of hydrogen-bond acceptors (Lipinski definition) is 4. The molecule has 0 spiro atoms. The minimum atomic E-state index is -0.775. The predicted molar refractivity (Wildman–Crippen MR) is 103 cm³/mol. The number of likely N-dealkylation sites (tertiary alicyclic amines) is 1. The first-order valence-electron chi connectivity index (χ1n) is 9.66. The van der Waals surface area contributed by atoms with Crippen LogP contribution >= 0.6 is 0 Å². The fourth-order valence-corrected chi connectivity index (χ4v) is 3.66. The summed E-state index contributed by atoms with van der Waals surface area (Å²) >= 11 is 0. The largest absolute Gasteiger partial charge is 0.343 e. The van der Waals surface area contributed by atoms with Crippen LogP contribution in [0.4, 0.5) is 10.5 Å². The topological polar surface area (TPSA) is 108 Å². The summed E-state index contributed by atoms with van der Waals surface area (Å²) in [5.74, 6) is -0.167. The lowest BCUT2D eigenvalue weighted by Gasteiger charge is -2.32. The number of hydrogen-bond donors (Lipinski definition) is 3. The molecule has 8 nitrogen and oxygen atoms in total. The van der Waals surface area contributed by atoms with Crippen LogP contribution in [0.3, 0.4) is 0 Å². The van der Waals surface area contributed by atoms with Crippen LogP contribution in [0.5, 0.6) is 0 Å². The molecule has 0 bridgehead atoms. The van der Waals surface area contributed by atoms with E-state index < -0.39 is 18.0 Å². The normalized spacial score (nSPS) is 19.9. The second-order valence-corrected chi connectivity index (χ2v) is 7.50. The first kappa shape index (κ1) is 19.9. The number of imide groups is 1. The van der Waals surface area contributed by atoms with Gasteiger partial charge < -0.3 is 15.5 Å². The first-order chi connectivity index (χ1) is 13.4. The van der Waals surface area contributed by atoms with Crippen molar-refractivity contribution in [3.63, 3.8) is 0 Å². The summed E-state index contributed by atoms with van der Waals surface area (Å²) in [6.45, 7) is 3.22. The van der Waals surface area contributed by atoms with Gasteiger partial charge in [-0.15, -0.1) is 0 Å². The lowest BCUT2D eigenvalue weighted by Crippen LogP contribution is -2.42. The number of anilines is 1. The van der Waals surface area contributed by atoms with Gasteiger partial charge in [-0.25, -0.2) is 4.79 Å². The highest BCUT2D eigenvalue weighted by Crippen LogP contribution is 2.23. The molecule has 2 fully saturated rings. The highest BCUT2D eigenvalue weighted by Gasteiger charge is 2.33. The molecule has 28 heavy (non-hydrogen) atoms. The van der Waals surface area contributed by atoms with E-state index in [0.29, 0.717) is 25.4 Å². The Kier molecular flexibility index (Phi) is 6.28. The van der Waals surface area contributed by atoms with E-state index in [1.54, 1.807) is 4.90 Å². The van der Waals surface area contributed by atoms with Gasteiger partial charge in [0.05, 0.1) is 6.42 Å². The summed E-state index contributed by atoms with van der Waals surface area (Å²) in [6.07, 6.45) is 2.92. The van der Waals surface area contributed by atoms with Gasteiger partial charge in [0, 0.05) is 25.2 Å². The molecule has 150 valence electrons. The fourth-order valence-electron chi connectivity index (χ4n) is 3.66. The number of carbonyl (C=O) groups excluding carboxylic acids is 4. The molecule has 0 aliphatic carbocycles. The van der Waals surface area contributed by atoms with Crippen molar-refractivity contribution in [1.29, 1.82) is 0 Å². The Morgan fingerprint density at radius 3 is 2.61 bits per heavy atom. The quantitative estimate of drug-likeness (QED) is 0.645. The Bertz CT molecular complexity index is 771. The van der Waals surface area contributed by atoms with E-state index in [1.807, 2.05) is 31.2 Å². The smallest absolute Gasteiger partial charge is 0.322 e. The first-order valence-corrected chi connectivity index (χ1v) is 9.66. The second-order valence-electron chi connectivity index (χ2n) is 7.50. The molecule has 2 heterocycles. The Morgan fingerprint density at radius 1 is 1.21 bits per heavy atom. The number of carbonyl (C=O) groups is 4. The van der Waals surface area contributed by atoms with Gasteiger partial charge in [-0.3, -0.25) is 19.7 Å². The van der Waals surface area contributed by atoms with E-state index in [2.05, 4.69) is 16.0 Å². The van der Waals surface area contributed by atoms with E-state index in [4.69, 9.17) is 0 Å². The third-order valence-electron chi connectivity index (χ3n) is 5.29. The van der Waals surface area contributed by atoms with Gasteiger partial charge in [-0.2, -0.15) is 0 Å². The minimum Gasteiger partial charge on any atom is -0.343 e. The molecule has 0 saturated carbocycles. The molecule has 2 saturated heterocycles. The number of aryl methyl sites for hydroxylation is 1. The lowest BCUT2D eigenvalue weighted by atomic mass is 9.91. The number of benzene rings is 1. The number of urea groups is 1. The van der Waals surface area contributed by atoms with Crippen molar-refractivity contribution in [3.05, 3.63) is 29.8 Å². The Balaban J connectivity index is 1.37. The van der Waals surface area contributed by atoms with Gasteiger partial charge in [-0.05, 0) is 49.8 Å². The maximum absolute atomic E-state index is 12.3. The molecule has 2 aliphatic heterocycles. The van der Waals surface area contributed by atoms with Crippen molar-refractivity contribution in [1.82, 2.24) is 15.5 Å². The van der Waals surface area contributed by atoms with E-state index in [1.165, 1.54) is 0 Å². The van der Waals surface area contributed by atoms with E-state index in [0.717, 1.165) is 30.5 Å². The molecule has 8 heteroatoms. The van der Waals surface area contributed by atoms with Crippen LogP contribution in [-0.4, -0.2) is 47.8 Å². The minimum absolute atomic E-state index is 0.00657. The van der Waals surface area contributed by atoms with Crippen LogP contribution < -0.4 is 16.0 Å². The third-order valence-corrected chi connectivity index (χ3v) is 5.29. The fraction of sp³-hybridized carbons (Fsp3) is 0.500. The monoisotopic (exact) mass is 386 g/mol. The molecule has 1 atom stereocenters. The van der Waals surface area contributed by atoms with Gasteiger partial charge >= 0.3 is 6.03 Å². The van der Waals surface area contributed by atoms with Crippen molar-refractivity contribution in [2.24, 2.45) is 5.92 Å². The average molecular weight is 386 g/mol. The summed E-state index contributed by atoms with van der Waals surface area (Å²) in [5.41, 5.74) is 1.91. The Morgan fingerprint density at radius 2 is 1.96 bits per heavy atom. The zero-order valence-corrected chi connectivity index (χ0v) is 16.0. The van der Waals surface area contributed by atoms with Crippen LogP contribution in [-0.2, 0) is 14.4 Å². The van der Waals surface area contributed by atoms with Gasteiger partial charge in [0.1, 0.15) is 6.04 Å². The highest BCUT2D eigenvalue weighted by atomic mass is 16.2. The van der Waals surface area contributed by atoms with Gasteiger partial charge in [-0.1, -0.05) is 12.1 Å². The average Bonchev–Trinajstić information content (AvgIpc) is 2.97.